The number of piperazine rings is 2. The van der Waals surface area contributed by atoms with Gasteiger partial charge in [0.25, 0.3) is 0 Å². The molecule has 3 atom stereocenters. The van der Waals surface area contributed by atoms with Gasteiger partial charge in [-0.25, -0.2) is 9.97 Å². The van der Waals surface area contributed by atoms with E-state index in [1.165, 1.54) is 0 Å². The molecule has 1 aromatic heterocycles. The van der Waals surface area contributed by atoms with Gasteiger partial charge in [-0.15, -0.1) is 0 Å². The van der Waals surface area contributed by atoms with Crippen molar-refractivity contribution in [3.8, 4) is 0 Å². The number of fused-ring (bicyclic) bond motifs is 1. The number of aliphatic hydroxyl groups excluding tert-OH is 1. The van der Waals surface area contributed by atoms with Crippen LogP contribution in [0, 0.1) is 0 Å². The number of benzene rings is 1. The lowest BCUT2D eigenvalue weighted by atomic mass is 9.96. The van der Waals surface area contributed by atoms with Gasteiger partial charge in [0.15, 0.2) is 0 Å². The molecule has 0 unspecified atom stereocenters. The van der Waals surface area contributed by atoms with Gasteiger partial charge >= 0.3 is 0 Å². The second kappa shape index (κ2) is 11.2. The van der Waals surface area contributed by atoms with Gasteiger partial charge in [-0.2, -0.15) is 0 Å². The molecule has 0 bridgehead atoms. The molecule has 0 spiro atoms. The first-order chi connectivity index (χ1) is 17.8. The lowest BCUT2D eigenvalue weighted by Crippen LogP contribution is -2.53. The minimum absolute atomic E-state index is 0.185. The van der Waals surface area contributed by atoms with Crippen molar-refractivity contribution < 1.29 is 9.90 Å². The molecule has 0 radical (unpaired) electrons. The summed E-state index contributed by atoms with van der Waals surface area (Å²) >= 11 is 6.17. The quantitative estimate of drug-likeness (QED) is 0.619. The first-order valence-electron chi connectivity index (χ1n) is 13.6. The van der Waals surface area contributed by atoms with Crippen LogP contribution in [0.25, 0.3) is 0 Å². The zero-order valence-electron chi connectivity index (χ0n) is 22.2. The van der Waals surface area contributed by atoms with Gasteiger partial charge < -0.3 is 14.9 Å². The molecule has 2 fully saturated rings. The largest absolute Gasteiger partial charge is 0.387 e. The van der Waals surface area contributed by atoms with E-state index >= 15 is 0 Å². The van der Waals surface area contributed by atoms with Crippen molar-refractivity contribution in [3.05, 3.63) is 52.4 Å². The number of hydrogen-bond donors (Lipinski definition) is 1. The summed E-state index contributed by atoms with van der Waals surface area (Å²) in [6, 6.07) is 8.33. The maximum atomic E-state index is 13.9. The smallest absolute Gasteiger partial charge is 0.231 e. The Morgan fingerprint density at radius 1 is 1.03 bits per heavy atom. The summed E-state index contributed by atoms with van der Waals surface area (Å²) < 4.78 is 0. The fraction of sp³-hybridized carbons (Fsp3) is 0.607. The van der Waals surface area contributed by atoms with E-state index in [-0.39, 0.29) is 17.7 Å². The molecule has 8 nitrogen and oxygen atoms in total. The number of nitrogens with zero attached hydrogens (tertiary/aromatic N) is 6. The molecule has 2 saturated heterocycles. The lowest BCUT2D eigenvalue weighted by Gasteiger charge is -2.40. The van der Waals surface area contributed by atoms with Gasteiger partial charge in [-0.1, -0.05) is 30.7 Å². The molecule has 9 heteroatoms. The molecule has 200 valence electrons. The van der Waals surface area contributed by atoms with Gasteiger partial charge in [0, 0.05) is 75.5 Å². The summed E-state index contributed by atoms with van der Waals surface area (Å²) in [6.45, 7) is 14.1. The molecule has 2 aromatic rings. The Hall–Kier alpha value is -2.26. The van der Waals surface area contributed by atoms with Crippen LogP contribution in [0.1, 0.15) is 62.0 Å². The van der Waals surface area contributed by atoms with Crippen LogP contribution < -0.4 is 4.90 Å². The maximum absolute atomic E-state index is 13.9. The van der Waals surface area contributed by atoms with Crippen molar-refractivity contribution in [3.63, 3.8) is 0 Å². The van der Waals surface area contributed by atoms with E-state index in [1.807, 2.05) is 29.2 Å². The normalized spacial score (nSPS) is 23.9. The minimum atomic E-state index is -0.517. The molecule has 5 rings (SSSR count). The van der Waals surface area contributed by atoms with Crippen LogP contribution in [0.4, 0.5) is 5.82 Å². The van der Waals surface area contributed by atoms with Crippen molar-refractivity contribution in [2.45, 2.75) is 51.2 Å². The summed E-state index contributed by atoms with van der Waals surface area (Å²) in [7, 11) is 0. The summed E-state index contributed by atoms with van der Waals surface area (Å²) in [5.74, 6) is 1.11. The fourth-order valence-electron chi connectivity index (χ4n) is 6.05. The van der Waals surface area contributed by atoms with Gasteiger partial charge in [0.1, 0.15) is 12.1 Å². The number of hydrogen-bond acceptors (Lipinski definition) is 7. The molecule has 1 aliphatic carbocycles. The topological polar surface area (TPSA) is 76.0 Å². The highest BCUT2D eigenvalue weighted by Gasteiger charge is 2.35. The molecule has 37 heavy (non-hydrogen) atoms. The van der Waals surface area contributed by atoms with Crippen LogP contribution in [-0.2, 0) is 4.79 Å². The zero-order valence-corrected chi connectivity index (χ0v) is 22.9. The van der Waals surface area contributed by atoms with Gasteiger partial charge in [0.05, 0.1) is 17.7 Å². The van der Waals surface area contributed by atoms with Crippen LogP contribution in [0.5, 0.6) is 0 Å². The predicted octanol–water partition coefficient (Wildman–Crippen LogP) is 3.13. The first-order valence-corrected chi connectivity index (χ1v) is 14.0. The van der Waals surface area contributed by atoms with E-state index in [0.717, 1.165) is 68.5 Å². The number of aromatic nitrogens is 2. The van der Waals surface area contributed by atoms with E-state index in [1.54, 1.807) is 6.33 Å². The molecule has 3 heterocycles. The second-order valence-corrected chi connectivity index (χ2v) is 11.4. The van der Waals surface area contributed by atoms with Crippen molar-refractivity contribution in [2.24, 2.45) is 0 Å². The molecule has 1 aromatic carbocycles. The standard InChI is InChI=1S/C28H39ClN6O2/c1-19(2)33-10-8-32(9-11-33)17-23(21-4-6-22(29)7-5-21)28(37)35-14-12-34(13-15-35)27-25-20(3)16-24(36)26(25)30-18-31-27/h4-7,18-20,23-24,36H,8-17H2,1-3H3/t20-,23+,24-/m1/s1. The van der Waals surface area contributed by atoms with Crippen LogP contribution >= 0.6 is 11.6 Å². The third-order valence-corrected chi connectivity index (χ3v) is 8.57. The van der Waals surface area contributed by atoms with Gasteiger partial charge in [-0.05, 0) is 43.9 Å². The van der Waals surface area contributed by atoms with Crippen molar-refractivity contribution >= 4 is 23.3 Å². The van der Waals surface area contributed by atoms with Crippen molar-refractivity contribution in [1.29, 1.82) is 0 Å². The van der Waals surface area contributed by atoms with E-state index < -0.39 is 6.10 Å². The number of carbonyl (C=O) groups is 1. The Bertz CT molecular complexity index is 1080. The summed E-state index contributed by atoms with van der Waals surface area (Å²) in [5, 5.41) is 11.1. The summed E-state index contributed by atoms with van der Waals surface area (Å²) in [4.78, 5) is 32.1. The van der Waals surface area contributed by atoms with Gasteiger partial charge in [-0.3, -0.25) is 14.6 Å². The number of rotatable bonds is 6. The van der Waals surface area contributed by atoms with Crippen LogP contribution in [0.3, 0.4) is 0 Å². The SMILES string of the molecule is CC(C)N1CCN(C[C@H](C(=O)N2CCN(c3ncnc4c3[C@H](C)C[C@H]4O)CC2)c2ccc(Cl)cc2)CC1. The van der Waals surface area contributed by atoms with E-state index in [0.29, 0.717) is 30.6 Å². The van der Waals surface area contributed by atoms with E-state index in [4.69, 9.17) is 11.6 Å². The maximum Gasteiger partial charge on any atom is 0.231 e. The highest BCUT2D eigenvalue weighted by atomic mass is 35.5. The molecular formula is C28H39ClN6O2. The van der Waals surface area contributed by atoms with Crippen LogP contribution in [0.2, 0.25) is 5.02 Å². The first kappa shape index (κ1) is 26.4. The fourth-order valence-corrected chi connectivity index (χ4v) is 6.18. The average Bonchev–Trinajstić information content (AvgIpc) is 3.21. The molecule has 1 N–H and O–H groups in total. The molecule has 3 aliphatic rings. The minimum Gasteiger partial charge on any atom is -0.387 e. The lowest BCUT2D eigenvalue weighted by molar-refractivity contribution is -0.133. The average molecular weight is 527 g/mol. The summed E-state index contributed by atoms with van der Waals surface area (Å²) in [5.41, 5.74) is 2.85. The Labute approximate surface area is 225 Å². The number of anilines is 1. The van der Waals surface area contributed by atoms with Crippen molar-refractivity contribution in [1.82, 2.24) is 24.7 Å². The summed E-state index contributed by atoms with van der Waals surface area (Å²) in [6.07, 6.45) is 1.73. The van der Waals surface area contributed by atoms with Crippen molar-refractivity contribution in [2.75, 3.05) is 63.8 Å². The van der Waals surface area contributed by atoms with E-state index in [9.17, 15) is 9.90 Å². The Morgan fingerprint density at radius 2 is 1.70 bits per heavy atom. The predicted molar refractivity (Wildman–Crippen MR) is 146 cm³/mol. The van der Waals surface area contributed by atoms with Crippen LogP contribution in [-0.4, -0.2) is 101 Å². The van der Waals surface area contributed by atoms with E-state index in [2.05, 4.69) is 45.4 Å². The highest BCUT2D eigenvalue weighted by molar-refractivity contribution is 6.30. The third kappa shape index (κ3) is 5.62. The number of carbonyl (C=O) groups excluding carboxylic acids is 1. The second-order valence-electron chi connectivity index (χ2n) is 11.0. The molecule has 2 aliphatic heterocycles. The Kier molecular flexibility index (Phi) is 8.00. The zero-order chi connectivity index (χ0) is 26.1. The number of aliphatic hydroxyl groups is 1. The van der Waals surface area contributed by atoms with Crippen LogP contribution in [0.15, 0.2) is 30.6 Å². The molecular weight excluding hydrogens is 488 g/mol. The Balaban J connectivity index is 1.28. The van der Waals surface area contributed by atoms with Gasteiger partial charge in [0.2, 0.25) is 5.91 Å². The molecule has 1 amide bonds. The number of halogens is 1. The Morgan fingerprint density at radius 3 is 2.35 bits per heavy atom. The molecule has 0 saturated carbocycles. The number of amides is 1. The third-order valence-electron chi connectivity index (χ3n) is 8.32. The monoisotopic (exact) mass is 526 g/mol. The highest BCUT2D eigenvalue weighted by Crippen LogP contribution is 2.42.